The summed E-state index contributed by atoms with van der Waals surface area (Å²) in [7, 11) is 1.94. The molecule has 1 aromatic rings. The third kappa shape index (κ3) is 4.31. The molecule has 2 rings (SSSR count). The van der Waals surface area contributed by atoms with Gasteiger partial charge in [-0.15, -0.1) is 0 Å². The summed E-state index contributed by atoms with van der Waals surface area (Å²) in [5.41, 5.74) is 1.29. The molecule has 0 heterocycles. The summed E-state index contributed by atoms with van der Waals surface area (Å²) in [6, 6.07) is 6.32. The van der Waals surface area contributed by atoms with Crippen LogP contribution in [0.4, 0.5) is 4.39 Å². The first-order valence-electron chi connectivity index (χ1n) is 6.79. The molecule has 0 aromatic heterocycles. The predicted molar refractivity (Wildman–Crippen MR) is 73.3 cm³/mol. The Morgan fingerprint density at radius 1 is 1.26 bits per heavy atom. The second-order valence-corrected chi connectivity index (χ2v) is 5.43. The molecule has 1 aromatic carbocycles. The number of benzene rings is 1. The van der Waals surface area contributed by atoms with E-state index in [4.69, 9.17) is 0 Å². The van der Waals surface area contributed by atoms with Crippen molar-refractivity contribution in [1.29, 1.82) is 0 Å². The van der Waals surface area contributed by atoms with Gasteiger partial charge in [-0.05, 0) is 44.0 Å². The molecular formula is C15H21FN2O. The van der Waals surface area contributed by atoms with Crippen molar-refractivity contribution in [1.82, 2.24) is 10.6 Å². The van der Waals surface area contributed by atoms with Gasteiger partial charge in [-0.25, -0.2) is 4.39 Å². The van der Waals surface area contributed by atoms with E-state index >= 15 is 0 Å². The van der Waals surface area contributed by atoms with Crippen molar-refractivity contribution in [3.63, 3.8) is 0 Å². The van der Waals surface area contributed by atoms with Crippen LogP contribution in [-0.2, 0) is 11.2 Å². The van der Waals surface area contributed by atoms with Crippen molar-refractivity contribution >= 4 is 5.91 Å². The fourth-order valence-electron chi connectivity index (χ4n) is 2.25. The van der Waals surface area contributed by atoms with Crippen molar-refractivity contribution < 1.29 is 9.18 Å². The molecule has 0 aliphatic heterocycles. The quantitative estimate of drug-likeness (QED) is 0.789. The fraction of sp³-hybridized carbons (Fsp3) is 0.533. The Balaban J connectivity index is 1.69. The molecule has 1 aliphatic rings. The van der Waals surface area contributed by atoms with Crippen LogP contribution >= 0.6 is 0 Å². The lowest BCUT2D eigenvalue weighted by Gasteiger charge is -2.15. The third-order valence-corrected chi connectivity index (χ3v) is 3.72. The number of aryl methyl sites for hydroxylation is 1. The molecule has 104 valence electrons. The zero-order valence-corrected chi connectivity index (χ0v) is 11.3. The van der Waals surface area contributed by atoms with Gasteiger partial charge in [-0.3, -0.25) is 4.79 Å². The van der Waals surface area contributed by atoms with Gasteiger partial charge in [0.1, 0.15) is 5.82 Å². The molecule has 1 saturated carbocycles. The predicted octanol–water partition coefficient (Wildman–Crippen LogP) is 1.87. The van der Waals surface area contributed by atoms with E-state index in [1.807, 2.05) is 7.05 Å². The Morgan fingerprint density at radius 3 is 2.53 bits per heavy atom. The number of hydrogen-bond donors (Lipinski definition) is 2. The number of amides is 1. The number of halogens is 1. The van der Waals surface area contributed by atoms with Gasteiger partial charge < -0.3 is 10.6 Å². The summed E-state index contributed by atoms with van der Waals surface area (Å²) in [5, 5.41) is 6.17. The first kappa shape index (κ1) is 14.0. The average Bonchev–Trinajstić information content (AvgIpc) is 3.17. The van der Waals surface area contributed by atoms with Crippen molar-refractivity contribution in [3.8, 4) is 0 Å². The van der Waals surface area contributed by atoms with Gasteiger partial charge in [0.15, 0.2) is 0 Å². The van der Waals surface area contributed by atoms with E-state index in [0.29, 0.717) is 18.3 Å². The van der Waals surface area contributed by atoms with Gasteiger partial charge in [-0.2, -0.15) is 0 Å². The number of rotatable bonds is 7. The molecule has 0 radical (unpaired) electrons. The van der Waals surface area contributed by atoms with Gasteiger partial charge in [0.2, 0.25) is 5.91 Å². The van der Waals surface area contributed by atoms with Gasteiger partial charge in [-0.1, -0.05) is 12.1 Å². The Labute approximate surface area is 113 Å². The van der Waals surface area contributed by atoms with Gasteiger partial charge in [0.05, 0.1) is 0 Å². The minimum atomic E-state index is -0.240. The van der Waals surface area contributed by atoms with E-state index < -0.39 is 0 Å². The van der Waals surface area contributed by atoms with E-state index in [1.54, 1.807) is 12.1 Å². The maximum absolute atomic E-state index is 12.7. The van der Waals surface area contributed by atoms with Crippen LogP contribution in [0.15, 0.2) is 24.3 Å². The summed E-state index contributed by atoms with van der Waals surface area (Å²) in [6.45, 7) is 1.72. The molecule has 1 amide bonds. The Bertz CT molecular complexity index is 426. The van der Waals surface area contributed by atoms with Gasteiger partial charge in [0, 0.05) is 24.9 Å². The molecule has 0 unspecified atom stereocenters. The molecule has 0 atom stereocenters. The molecule has 0 spiro atoms. The minimum Gasteiger partial charge on any atom is -0.355 e. The van der Waals surface area contributed by atoms with Crippen molar-refractivity contribution in [2.45, 2.75) is 25.7 Å². The SMILES string of the molecule is CNCC1(CNC(=O)CCc2ccc(F)cc2)CC1. The smallest absolute Gasteiger partial charge is 0.220 e. The fourth-order valence-corrected chi connectivity index (χ4v) is 2.25. The largest absolute Gasteiger partial charge is 0.355 e. The Hall–Kier alpha value is -1.42. The maximum atomic E-state index is 12.7. The average molecular weight is 264 g/mol. The summed E-state index contributed by atoms with van der Waals surface area (Å²) in [6.07, 6.45) is 3.49. The van der Waals surface area contributed by atoms with E-state index in [9.17, 15) is 9.18 Å². The zero-order valence-electron chi connectivity index (χ0n) is 11.3. The first-order valence-corrected chi connectivity index (χ1v) is 6.79. The summed E-state index contributed by atoms with van der Waals surface area (Å²) in [4.78, 5) is 11.8. The zero-order chi connectivity index (χ0) is 13.7. The second kappa shape index (κ2) is 6.15. The Kier molecular flexibility index (Phi) is 4.53. The van der Waals surface area contributed by atoms with Crippen LogP contribution in [0.1, 0.15) is 24.8 Å². The van der Waals surface area contributed by atoms with Crippen LogP contribution in [0.25, 0.3) is 0 Å². The molecule has 1 fully saturated rings. The molecule has 3 nitrogen and oxygen atoms in total. The summed E-state index contributed by atoms with van der Waals surface area (Å²) in [5.74, 6) is -0.164. The van der Waals surface area contributed by atoms with E-state index in [2.05, 4.69) is 10.6 Å². The minimum absolute atomic E-state index is 0.0757. The van der Waals surface area contributed by atoms with Crippen LogP contribution in [0.2, 0.25) is 0 Å². The highest BCUT2D eigenvalue weighted by molar-refractivity contribution is 5.76. The molecular weight excluding hydrogens is 243 g/mol. The van der Waals surface area contributed by atoms with Gasteiger partial charge >= 0.3 is 0 Å². The maximum Gasteiger partial charge on any atom is 0.220 e. The number of nitrogens with one attached hydrogen (secondary N) is 2. The molecule has 19 heavy (non-hydrogen) atoms. The van der Waals surface area contributed by atoms with Crippen LogP contribution in [0.5, 0.6) is 0 Å². The normalized spacial score (nSPS) is 16.1. The molecule has 4 heteroatoms. The van der Waals surface area contributed by atoms with E-state index in [1.165, 1.54) is 25.0 Å². The van der Waals surface area contributed by atoms with Crippen LogP contribution in [0.3, 0.4) is 0 Å². The third-order valence-electron chi connectivity index (χ3n) is 3.72. The van der Waals surface area contributed by atoms with Crippen molar-refractivity contribution in [2.24, 2.45) is 5.41 Å². The lowest BCUT2D eigenvalue weighted by atomic mass is 10.1. The molecule has 0 saturated heterocycles. The topological polar surface area (TPSA) is 41.1 Å². The van der Waals surface area contributed by atoms with E-state index in [0.717, 1.165) is 18.7 Å². The van der Waals surface area contributed by atoms with Crippen LogP contribution < -0.4 is 10.6 Å². The summed E-state index contributed by atoms with van der Waals surface area (Å²) < 4.78 is 12.7. The monoisotopic (exact) mass is 264 g/mol. The molecule has 2 N–H and O–H groups in total. The molecule has 0 bridgehead atoms. The van der Waals surface area contributed by atoms with Crippen molar-refractivity contribution in [3.05, 3.63) is 35.6 Å². The van der Waals surface area contributed by atoms with Crippen LogP contribution in [0, 0.1) is 11.2 Å². The summed E-state index contributed by atoms with van der Waals surface area (Å²) >= 11 is 0. The van der Waals surface area contributed by atoms with E-state index in [-0.39, 0.29) is 11.7 Å². The van der Waals surface area contributed by atoms with Crippen LogP contribution in [-0.4, -0.2) is 26.0 Å². The number of carbonyl (C=O) groups excluding carboxylic acids is 1. The highest BCUT2D eigenvalue weighted by Gasteiger charge is 2.41. The number of carbonyl (C=O) groups is 1. The lowest BCUT2D eigenvalue weighted by Crippen LogP contribution is -2.34. The molecule has 1 aliphatic carbocycles. The number of hydrogen-bond acceptors (Lipinski definition) is 2. The first-order chi connectivity index (χ1) is 9.13. The highest BCUT2D eigenvalue weighted by atomic mass is 19.1. The van der Waals surface area contributed by atoms with Gasteiger partial charge in [0.25, 0.3) is 0 Å². The highest BCUT2D eigenvalue weighted by Crippen LogP contribution is 2.44. The van der Waals surface area contributed by atoms with Crippen molar-refractivity contribution in [2.75, 3.05) is 20.1 Å². The Morgan fingerprint density at radius 2 is 1.95 bits per heavy atom. The second-order valence-electron chi connectivity index (χ2n) is 5.43. The standard InChI is InChI=1S/C15H21FN2O/c1-17-10-15(8-9-15)11-18-14(19)7-4-12-2-5-13(16)6-3-12/h2-3,5-6,17H,4,7-11H2,1H3,(H,18,19). The lowest BCUT2D eigenvalue weighted by molar-refractivity contribution is -0.121.